The zero-order valence-electron chi connectivity index (χ0n) is 8.81. The summed E-state index contributed by atoms with van der Waals surface area (Å²) in [6.07, 6.45) is 3.69. The number of benzene rings is 1. The number of carbonyl (C=O) groups is 1. The third kappa shape index (κ3) is 1.61. The van der Waals surface area contributed by atoms with Gasteiger partial charge in [0.1, 0.15) is 0 Å². The average Bonchev–Trinajstić information content (AvgIpc) is 2.28. The molecule has 0 radical (unpaired) electrons. The minimum absolute atomic E-state index is 0.0346. The first-order chi connectivity index (χ1) is 7.24. The molecule has 0 saturated carbocycles. The van der Waals surface area contributed by atoms with E-state index < -0.39 is 0 Å². The number of rotatable bonds is 0. The highest BCUT2D eigenvalue weighted by Crippen LogP contribution is 2.28. The second kappa shape index (κ2) is 3.77. The van der Waals surface area contributed by atoms with Crippen molar-refractivity contribution in [1.29, 1.82) is 0 Å². The maximum atomic E-state index is 11.6. The monoisotopic (exact) mass is 203 g/mol. The Hall–Kier alpha value is -1.77. The first kappa shape index (κ1) is 9.77. The predicted molar refractivity (Wildman–Crippen MR) is 59.8 cm³/mol. The van der Waals surface area contributed by atoms with E-state index in [0.717, 1.165) is 11.3 Å². The fourth-order valence-electron chi connectivity index (χ4n) is 1.76. The fourth-order valence-corrected chi connectivity index (χ4v) is 1.76. The van der Waals surface area contributed by atoms with E-state index in [9.17, 15) is 4.79 Å². The molecular formula is C12H13NO2. The van der Waals surface area contributed by atoms with Crippen LogP contribution < -0.4 is 4.90 Å². The van der Waals surface area contributed by atoms with Crippen LogP contribution in [-0.2, 0) is 4.74 Å². The van der Waals surface area contributed by atoms with Gasteiger partial charge in [-0.3, -0.25) is 4.90 Å². The van der Waals surface area contributed by atoms with Gasteiger partial charge in [-0.1, -0.05) is 30.4 Å². The molecule has 2 rings (SSSR count). The first-order valence-electron chi connectivity index (χ1n) is 4.88. The molecule has 0 fully saturated rings. The van der Waals surface area contributed by atoms with Crippen LogP contribution in [0.2, 0.25) is 0 Å². The Morgan fingerprint density at radius 1 is 1.40 bits per heavy atom. The van der Waals surface area contributed by atoms with E-state index in [1.54, 1.807) is 4.90 Å². The van der Waals surface area contributed by atoms with Gasteiger partial charge < -0.3 is 4.74 Å². The molecule has 1 aliphatic heterocycles. The smallest absolute Gasteiger partial charge is 0.414 e. The molecule has 1 aromatic carbocycles. The molecule has 15 heavy (non-hydrogen) atoms. The van der Waals surface area contributed by atoms with Gasteiger partial charge in [-0.25, -0.2) is 4.79 Å². The molecule has 0 unspecified atom stereocenters. The third-order valence-corrected chi connectivity index (χ3v) is 2.53. The van der Waals surface area contributed by atoms with Crippen molar-refractivity contribution < 1.29 is 9.53 Å². The minimum Gasteiger partial charge on any atom is -0.452 e. The van der Waals surface area contributed by atoms with Crippen LogP contribution in [0.3, 0.4) is 0 Å². The highest BCUT2D eigenvalue weighted by molar-refractivity contribution is 5.93. The van der Waals surface area contributed by atoms with Crippen molar-refractivity contribution in [3.8, 4) is 0 Å². The van der Waals surface area contributed by atoms with Gasteiger partial charge in [0.2, 0.25) is 0 Å². The zero-order valence-corrected chi connectivity index (χ0v) is 8.81. The molecular weight excluding hydrogens is 190 g/mol. The Morgan fingerprint density at radius 3 is 2.87 bits per heavy atom. The summed E-state index contributed by atoms with van der Waals surface area (Å²) in [4.78, 5) is 13.3. The SMILES string of the molecule is COC(=O)N1c2ccccc2C=C[C@@H]1C. The lowest BCUT2D eigenvalue weighted by Crippen LogP contribution is -2.39. The lowest BCUT2D eigenvalue weighted by atomic mass is 10.0. The number of anilines is 1. The molecule has 1 aromatic rings. The molecule has 0 N–H and O–H groups in total. The van der Waals surface area contributed by atoms with Crippen LogP contribution in [0.1, 0.15) is 12.5 Å². The normalized spacial score (nSPS) is 18.5. The summed E-state index contributed by atoms with van der Waals surface area (Å²) >= 11 is 0. The molecule has 3 nitrogen and oxygen atoms in total. The van der Waals surface area contributed by atoms with Crippen molar-refractivity contribution >= 4 is 17.9 Å². The first-order valence-corrected chi connectivity index (χ1v) is 4.88. The second-order valence-corrected chi connectivity index (χ2v) is 3.50. The lowest BCUT2D eigenvalue weighted by molar-refractivity contribution is 0.177. The number of fused-ring (bicyclic) bond motifs is 1. The summed E-state index contributed by atoms with van der Waals surface area (Å²) in [6.45, 7) is 1.96. The van der Waals surface area contributed by atoms with Crippen LogP contribution >= 0.6 is 0 Å². The number of para-hydroxylation sites is 1. The quantitative estimate of drug-likeness (QED) is 0.648. The Kier molecular flexibility index (Phi) is 2.46. The topological polar surface area (TPSA) is 29.5 Å². The molecule has 78 valence electrons. The molecule has 0 saturated heterocycles. The van der Waals surface area contributed by atoms with Crippen LogP contribution in [0.5, 0.6) is 0 Å². The highest BCUT2D eigenvalue weighted by Gasteiger charge is 2.25. The van der Waals surface area contributed by atoms with Crippen molar-refractivity contribution in [3.05, 3.63) is 35.9 Å². The van der Waals surface area contributed by atoms with Crippen LogP contribution in [0.15, 0.2) is 30.3 Å². The third-order valence-electron chi connectivity index (χ3n) is 2.53. The second-order valence-electron chi connectivity index (χ2n) is 3.50. The summed E-state index contributed by atoms with van der Waals surface area (Å²) in [5.41, 5.74) is 1.94. The molecule has 1 atom stereocenters. The van der Waals surface area contributed by atoms with Gasteiger partial charge in [-0.15, -0.1) is 0 Å². The van der Waals surface area contributed by atoms with Crippen molar-refractivity contribution in [3.63, 3.8) is 0 Å². The van der Waals surface area contributed by atoms with Crippen molar-refractivity contribution in [1.82, 2.24) is 0 Å². The van der Waals surface area contributed by atoms with E-state index in [2.05, 4.69) is 0 Å². The highest BCUT2D eigenvalue weighted by atomic mass is 16.5. The summed E-state index contributed by atoms with van der Waals surface area (Å²) < 4.78 is 4.77. The van der Waals surface area contributed by atoms with Crippen molar-refractivity contribution in [2.24, 2.45) is 0 Å². The van der Waals surface area contributed by atoms with E-state index in [1.807, 2.05) is 43.3 Å². The van der Waals surface area contributed by atoms with Gasteiger partial charge in [0.15, 0.2) is 0 Å². The van der Waals surface area contributed by atoms with Gasteiger partial charge in [0, 0.05) is 0 Å². The molecule has 0 spiro atoms. The number of methoxy groups -OCH3 is 1. The molecule has 0 aromatic heterocycles. The Bertz CT molecular complexity index is 412. The van der Waals surface area contributed by atoms with E-state index in [-0.39, 0.29) is 12.1 Å². The van der Waals surface area contributed by atoms with Crippen LogP contribution in [0.25, 0.3) is 6.08 Å². The molecule has 1 amide bonds. The Balaban J connectivity index is 2.47. The van der Waals surface area contributed by atoms with Crippen LogP contribution in [0, 0.1) is 0 Å². The standard InChI is InChI=1S/C12H13NO2/c1-9-7-8-10-5-3-4-6-11(10)13(9)12(14)15-2/h3-9H,1-2H3/t9-/m0/s1. The Labute approximate surface area is 89.0 Å². The number of hydrogen-bond donors (Lipinski definition) is 0. The van der Waals surface area contributed by atoms with Gasteiger partial charge >= 0.3 is 6.09 Å². The number of ether oxygens (including phenoxy) is 1. The molecule has 0 bridgehead atoms. The summed E-state index contributed by atoms with van der Waals surface area (Å²) in [7, 11) is 1.40. The van der Waals surface area contributed by atoms with Gasteiger partial charge in [-0.2, -0.15) is 0 Å². The molecule has 0 aliphatic carbocycles. The lowest BCUT2D eigenvalue weighted by Gasteiger charge is -2.30. The van der Waals surface area contributed by atoms with Crippen LogP contribution in [-0.4, -0.2) is 19.2 Å². The number of carbonyl (C=O) groups excluding carboxylic acids is 1. The summed E-state index contributed by atoms with van der Waals surface area (Å²) in [6, 6.07) is 7.81. The number of amides is 1. The summed E-state index contributed by atoms with van der Waals surface area (Å²) in [5, 5.41) is 0. The molecule has 3 heteroatoms. The van der Waals surface area contributed by atoms with Gasteiger partial charge in [-0.05, 0) is 18.6 Å². The number of hydrogen-bond acceptors (Lipinski definition) is 2. The number of nitrogens with zero attached hydrogens (tertiary/aromatic N) is 1. The maximum absolute atomic E-state index is 11.6. The van der Waals surface area contributed by atoms with E-state index in [4.69, 9.17) is 4.74 Å². The van der Waals surface area contributed by atoms with Gasteiger partial charge in [0.05, 0.1) is 18.8 Å². The average molecular weight is 203 g/mol. The van der Waals surface area contributed by atoms with Crippen LogP contribution in [0.4, 0.5) is 10.5 Å². The zero-order chi connectivity index (χ0) is 10.8. The maximum Gasteiger partial charge on any atom is 0.414 e. The van der Waals surface area contributed by atoms with Crippen molar-refractivity contribution in [2.45, 2.75) is 13.0 Å². The van der Waals surface area contributed by atoms with E-state index in [0.29, 0.717) is 0 Å². The van der Waals surface area contributed by atoms with Crippen molar-refractivity contribution in [2.75, 3.05) is 12.0 Å². The minimum atomic E-state index is -0.320. The fraction of sp³-hybridized carbons (Fsp3) is 0.250. The molecule has 1 heterocycles. The Morgan fingerprint density at radius 2 is 2.13 bits per heavy atom. The largest absolute Gasteiger partial charge is 0.452 e. The van der Waals surface area contributed by atoms with E-state index >= 15 is 0 Å². The summed E-state index contributed by atoms with van der Waals surface area (Å²) in [5.74, 6) is 0. The molecule has 1 aliphatic rings. The predicted octanol–water partition coefficient (Wildman–Crippen LogP) is 2.67. The van der Waals surface area contributed by atoms with E-state index in [1.165, 1.54) is 7.11 Å². The van der Waals surface area contributed by atoms with Gasteiger partial charge in [0.25, 0.3) is 0 Å².